The third kappa shape index (κ3) is 9.02. The minimum Gasteiger partial charge on any atom is -0.494 e. The lowest BCUT2D eigenvalue weighted by Gasteiger charge is -2.21. The number of aliphatic hydroxyl groups is 1. The third-order valence-corrected chi connectivity index (χ3v) is 10.6. The largest absolute Gasteiger partial charge is 0.494 e. The molecule has 1 unspecified atom stereocenters. The highest BCUT2D eigenvalue weighted by Crippen LogP contribution is 2.41. The van der Waals surface area contributed by atoms with Crippen molar-refractivity contribution in [2.24, 2.45) is 0 Å². The molecule has 1 atom stereocenters. The predicted octanol–water partition coefficient (Wildman–Crippen LogP) is 9.14. The van der Waals surface area contributed by atoms with E-state index in [0.717, 1.165) is 29.1 Å². The SMILES string of the molecule is C=CCOc1ccc(C2OCCO2)cc1C(O)c1ccccc1-c1ccc(Sc2ccc(OCCCC)cc2)c(S(=O)(=O)Oc2ccccc2)c1. The van der Waals surface area contributed by atoms with Crippen LogP contribution in [0.5, 0.6) is 17.2 Å². The second-order valence-electron chi connectivity index (χ2n) is 11.7. The second kappa shape index (κ2) is 17.1. The van der Waals surface area contributed by atoms with Gasteiger partial charge in [0, 0.05) is 20.9 Å². The molecule has 0 bridgehead atoms. The molecule has 0 aromatic heterocycles. The first kappa shape index (κ1) is 36.2. The minimum atomic E-state index is -4.30. The Kier molecular flexibility index (Phi) is 12.1. The van der Waals surface area contributed by atoms with Crippen LogP contribution in [-0.2, 0) is 19.6 Å². The Bertz CT molecular complexity index is 2030. The van der Waals surface area contributed by atoms with Crippen molar-refractivity contribution < 1.29 is 36.7 Å². The molecule has 0 radical (unpaired) electrons. The number of aliphatic hydroxyl groups excluding tert-OH is 1. The highest BCUT2D eigenvalue weighted by molar-refractivity contribution is 8.00. The Balaban J connectivity index is 1.39. The van der Waals surface area contributed by atoms with Gasteiger partial charge in [-0.3, -0.25) is 0 Å². The highest BCUT2D eigenvalue weighted by atomic mass is 32.2. The molecule has 8 nitrogen and oxygen atoms in total. The molecule has 6 rings (SSSR count). The van der Waals surface area contributed by atoms with Crippen molar-refractivity contribution in [1.82, 2.24) is 0 Å². The van der Waals surface area contributed by atoms with Crippen LogP contribution in [0, 0.1) is 0 Å². The first-order chi connectivity index (χ1) is 24.9. The maximum Gasteiger partial charge on any atom is 0.340 e. The molecular weight excluding hydrogens is 685 g/mol. The minimum absolute atomic E-state index is 0.00560. The normalized spacial score (nSPS) is 13.8. The van der Waals surface area contributed by atoms with E-state index in [2.05, 4.69) is 13.5 Å². The molecule has 1 aliphatic heterocycles. The lowest BCUT2D eigenvalue weighted by atomic mass is 9.91. The van der Waals surface area contributed by atoms with Gasteiger partial charge in [-0.15, -0.1) is 0 Å². The average molecular weight is 725 g/mol. The predicted molar refractivity (Wildman–Crippen MR) is 198 cm³/mol. The molecule has 51 heavy (non-hydrogen) atoms. The van der Waals surface area contributed by atoms with Gasteiger partial charge in [0.1, 0.15) is 34.9 Å². The number of hydrogen-bond donors (Lipinski definition) is 1. The number of unbranched alkanes of at least 4 members (excludes halogenated alkanes) is 1. The van der Waals surface area contributed by atoms with Crippen LogP contribution in [-0.4, -0.2) is 40.0 Å². The molecule has 1 N–H and O–H groups in total. The molecular formula is C41H40O8S2. The molecule has 1 fully saturated rings. The molecule has 5 aromatic rings. The van der Waals surface area contributed by atoms with Gasteiger partial charge in [-0.2, -0.15) is 8.42 Å². The van der Waals surface area contributed by atoms with Crippen molar-refractivity contribution in [3.05, 3.63) is 145 Å². The Labute approximate surface area is 303 Å². The lowest BCUT2D eigenvalue weighted by molar-refractivity contribution is -0.0442. The smallest absolute Gasteiger partial charge is 0.340 e. The monoisotopic (exact) mass is 724 g/mol. The van der Waals surface area contributed by atoms with E-state index in [1.807, 2.05) is 66.7 Å². The summed E-state index contributed by atoms with van der Waals surface area (Å²) in [6.07, 6.45) is 1.95. The second-order valence-corrected chi connectivity index (χ2v) is 14.4. The third-order valence-electron chi connectivity index (χ3n) is 8.13. The van der Waals surface area contributed by atoms with Crippen molar-refractivity contribution in [2.75, 3.05) is 26.4 Å². The van der Waals surface area contributed by atoms with Gasteiger partial charge in [0.25, 0.3) is 0 Å². The van der Waals surface area contributed by atoms with Crippen LogP contribution < -0.4 is 13.7 Å². The van der Waals surface area contributed by atoms with Crippen molar-refractivity contribution in [3.8, 4) is 28.4 Å². The van der Waals surface area contributed by atoms with Crippen LogP contribution in [0.25, 0.3) is 11.1 Å². The number of para-hydroxylation sites is 1. The van der Waals surface area contributed by atoms with Gasteiger partial charge in [-0.1, -0.05) is 92.4 Å². The molecule has 1 saturated heterocycles. The summed E-state index contributed by atoms with van der Waals surface area (Å²) in [5.41, 5.74) is 3.03. The Morgan fingerprint density at radius 1 is 0.863 bits per heavy atom. The van der Waals surface area contributed by atoms with Gasteiger partial charge in [-0.25, -0.2) is 0 Å². The first-order valence-corrected chi connectivity index (χ1v) is 19.0. The van der Waals surface area contributed by atoms with E-state index in [1.54, 1.807) is 54.6 Å². The van der Waals surface area contributed by atoms with Gasteiger partial charge in [-0.05, 0) is 83.8 Å². The lowest BCUT2D eigenvalue weighted by Crippen LogP contribution is -2.11. The van der Waals surface area contributed by atoms with Crippen molar-refractivity contribution in [1.29, 1.82) is 0 Å². The average Bonchev–Trinajstić information content (AvgIpc) is 3.70. The maximum atomic E-state index is 14.0. The van der Waals surface area contributed by atoms with Crippen LogP contribution in [0.15, 0.2) is 143 Å². The molecule has 264 valence electrons. The Morgan fingerprint density at radius 3 is 2.35 bits per heavy atom. The van der Waals surface area contributed by atoms with E-state index in [1.165, 1.54) is 11.8 Å². The molecule has 0 aliphatic carbocycles. The molecule has 0 amide bonds. The van der Waals surface area contributed by atoms with Gasteiger partial charge in [0.15, 0.2) is 6.29 Å². The molecule has 0 spiro atoms. The van der Waals surface area contributed by atoms with Gasteiger partial charge in [0.2, 0.25) is 0 Å². The summed E-state index contributed by atoms with van der Waals surface area (Å²) in [7, 11) is -4.30. The fourth-order valence-corrected chi connectivity index (χ4v) is 7.89. The quantitative estimate of drug-likeness (QED) is 0.0607. The van der Waals surface area contributed by atoms with E-state index >= 15 is 0 Å². The molecule has 10 heteroatoms. The number of ether oxygens (including phenoxy) is 4. The van der Waals surface area contributed by atoms with E-state index in [9.17, 15) is 13.5 Å². The van der Waals surface area contributed by atoms with Crippen LogP contribution in [0.2, 0.25) is 0 Å². The molecule has 5 aromatic carbocycles. The van der Waals surface area contributed by atoms with Gasteiger partial charge in [0.05, 0.1) is 19.8 Å². The van der Waals surface area contributed by atoms with E-state index < -0.39 is 22.5 Å². The van der Waals surface area contributed by atoms with E-state index in [0.29, 0.717) is 52.7 Å². The number of rotatable bonds is 16. The zero-order valence-electron chi connectivity index (χ0n) is 28.3. The molecule has 0 saturated carbocycles. The Morgan fingerprint density at radius 2 is 1.61 bits per heavy atom. The van der Waals surface area contributed by atoms with Crippen molar-refractivity contribution in [2.45, 2.75) is 46.8 Å². The molecule has 1 heterocycles. The van der Waals surface area contributed by atoms with Gasteiger partial charge < -0.3 is 28.2 Å². The van der Waals surface area contributed by atoms with Gasteiger partial charge >= 0.3 is 10.1 Å². The van der Waals surface area contributed by atoms with E-state index in [4.69, 9.17) is 23.1 Å². The van der Waals surface area contributed by atoms with Crippen LogP contribution >= 0.6 is 11.8 Å². The summed E-state index contributed by atoms with van der Waals surface area (Å²) < 4.78 is 56.8. The number of benzene rings is 5. The molecule has 1 aliphatic rings. The summed E-state index contributed by atoms with van der Waals surface area (Å²) in [5.74, 6) is 1.43. The van der Waals surface area contributed by atoms with Crippen LogP contribution in [0.1, 0.15) is 48.8 Å². The summed E-state index contributed by atoms with van der Waals surface area (Å²) >= 11 is 1.31. The summed E-state index contributed by atoms with van der Waals surface area (Å²) in [6.45, 7) is 7.70. The standard InChI is InChI=1S/C41H40O8S2/c1-3-5-24-45-31-17-19-33(20-18-31)50-38-22-16-29(28-39(38)51(43,44)49-32-11-7-6-8-12-32)34-13-9-10-14-35(34)40(42)36-27-30(41-47-25-26-48-41)15-21-37(36)46-23-4-2/h4,6-22,27-28,40-42H,2-3,5,23-26H2,1H3. The Hall–Kier alpha value is -4.58. The van der Waals surface area contributed by atoms with Crippen molar-refractivity contribution >= 4 is 21.9 Å². The van der Waals surface area contributed by atoms with Crippen molar-refractivity contribution in [3.63, 3.8) is 0 Å². The maximum absolute atomic E-state index is 14.0. The highest BCUT2D eigenvalue weighted by Gasteiger charge is 2.27. The summed E-state index contributed by atoms with van der Waals surface area (Å²) in [4.78, 5) is 1.31. The topological polar surface area (TPSA) is 101 Å². The fraction of sp³-hybridized carbons (Fsp3) is 0.220. The number of hydrogen-bond acceptors (Lipinski definition) is 9. The van der Waals surface area contributed by atoms with E-state index in [-0.39, 0.29) is 17.3 Å². The zero-order chi connectivity index (χ0) is 35.6. The van der Waals surface area contributed by atoms with Crippen LogP contribution in [0.4, 0.5) is 0 Å². The summed E-state index contributed by atoms with van der Waals surface area (Å²) in [6, 6.07) is 34.0. The fourth-order valence-electron chi connectivity index (χ4n) is 5.59. The zero-order valence-corrected chi connectivity index (χ0v) is 29.9. The van der Waals surface area contributed by atoms with Crippen LogP contribution in [0.3, 0.4) is 0 Å². The summed E-state index contributed by atoms with van der Waals surface area (Å²) in [5, 5.41) is 12.0. The first-order valence-electron chi connectivity index (χ1n) is 16.8.